The summed E-state index contributed by atoms with van der Waals surface area (Å²) in [6.07, 6.45) is 52.6. The third-order valence-electron chi connectivity index (χ3n) is 12.5. The zero-order valence-corrected chi connectivity index (χ0v) is 34.2. The van der Waals surface area contributed by atoms with E-state index in [0.29, 0.717) is 0 Å². The molecule has 268 valence electrons. The fourth-order valence-corrected chi connectivity index (χ4v) is 20.2. The molecule has 0 aliphatic heterocycles. The molecule has 0 amide bonds. The number of hydrogen-bond acceptors (Lipinski definition) is 0. The molecule has 0 heterocycles. The molecular weight excluding hydrogens is 566 g/mol. The van der Waals surface area contributed by atoms with E-state index in [1.54, 1.807) is 139 Å². The van der Waals surface area contributed by atoms with Crippen molar-refractivity contribution in [2.45, 2.75) is 208 Å². The second-order valence-corrected chi connectivity index (χ2v) is 26.4. The Hall–Kier alpha value is 0.860. The monoisotopic (exact) mass is 657 g/mol. The molecule has 0 aromatic rings. The molecule has 1 fully saturated rings. The number of unbranched alkanes of at least 4 members (excludes halogenated alkanes) is 12. The van der Waals surface area contributed by atoms with Crippen LogP contribution in [0.25, 0.3) is 0 Å². The van der Waals surface area contributed by atoms with Crippen LogP contribution in [0.4, 0.5) is 0 Å². The van der Waals surface area contributed by atoms with Crippen molar-refractivity contribution in [2.75, 3.05) is 49.3 Å². The molecule has 0 aromatic carbocycles. The second kappa shape index (κ2) is 28.8. The Bertz CT molecular complexity index is 488. The van der Waals surface area contributed by atoms with Gasteiger partial charge in [-0.25, -0.2) is 0 Å². The summed E-state index contributed by atoms with van der Waals surface area (Å²) in [5, 5.41) is 0. The van der Waals surface area contributed by atoms with E-state index in [4.69, 9.17) is 0 Å². The van der Waals surface area contributed by atoms with Gasteiger partial charge in [0.1, 0.15) is 0 Å². The van der Waals surface area contributed by atoms with E-state index in [9.17, 15) is 0 Å². The molecule has 0 atom stereocenters. The second-order valence-electron chi connectivity index (χ2n) is 16.4. The van der Waals surface area contributed by atoms with Crippen molar-refractivity contribution < 1.29 is 0 Å². The van der Waals surface area contributed by atoms with Crippen LogP contribution in [-0.2, 0) is 0 Å². The van der Waals surface area contributed by atoms with E-state index in [2.05, 4.69) is 41.5 Å². The summed E-state index contributed by atoms with van der Waals surface area (Å²) >= 11 is 0. The SMILES string of the molecule is CCCCC[PH](CCCCC)(CCCCC)CCCC1CCC(CCC[PH](CCCCC)(CCCCC)CCCCC)CC1. The van der Waals surface area contributed by atoms with E-state index >= 15 is 0 Å². The van der Waals surface area contributed by atoms with Gasteiger partial charge in [0.15, 0.2) is 0 Å². The summed E-state index contributed by atoms with van der Waals surface area (Å²) in [6, 6.07) is 0. The fraction of sp³-hybridized carbons (Fsp3) is 1.00. The van der Waals surface area contributed by atoms with E-state index in [1.165, 1.54) is 77.0 Å². The minimum atomic E-state index is -1.07. The Labute approximate surface area is 283 Å². The van der Waals surface area contributed by atoms with Gasteiger partial charge in [-0.1, -0.05) is 0 Å². The van der Waals surface area contributed by atoms with Crippen molar-refractivity contribution in [3.8, 4) is 0 Å². The van der Waals surface area contributed by atoms with Gasteiger partial charge < -0.3 is 0 Å². The predicted octanol–water partition coefficient (Wildman–Crippen LogP) is 15.0. The average molecular weight is 657 g/mol. The Morgan fingerprint density at radius 1 is 0.295 bits per heavy atom. The normalized spacial score (nSPS) is 18.6. The van der Waals surface area contributed by atoms with Gasteiger partial charge in [0.2, 0.25) is 0 Å². The van der Waals surface area contributed by atoms with E-state index in [1.807, 2.05) is 0 Å². The average Bonchev–Trinajstić information content (AvgIpc) is 3.02. The first-order chi connectivity index (χ1) is 21.5. The van der Waals surface area contributed by atoms with Gasteiger partial charge in [-0.05, 0) is 0 Å². The van der Waals surface area contributed by atoms with Crippen molar-refractivity contribution in [1.82, 2.24) is 0 Å². The molecule has 1 aliphatic rings. The summed E-state index contributed by atoms with van der Waals surface area (Å²) < 4.78 is 0. The predicted molar refractivity (Wildman–Crippen MR) is 217 cm³/mol. The van der Waals surface area contributed by atoms with Crippen LogP contribution in [-0.4, -0.2) is 49.3 Å². The third kappa shape index (κ3) is 20.3. The van der Waals surface area contributed by atoms with Crippen molar-refractivity contribution in [3.05, 3.63) is 0 Å². The maximum atomic E-state index is 2.40. The molecule has 44 heavy (non-hydrogen) atoms. The molecule has 1 saturated carbocycles. The van der Waals surface area contributed by atoms with E-state index < -0.39 is 14.5 Å². The summed E-state index contributed by atoms with van der Waals surface area (Å²) in [4.78, 5) is 0. The molecule has 0 spiro atoms. The van der Waals surface area contributed by atoms with Gasteiger partial charge in [0.05, 0.1) is 0 Å². The van der Waals surface area contributed by atoms with Crippen molar-refractivity contribution in [3.63, 3.8) is 0 Å². The molecule has 0 radical (unpaired) electrons. The minimum absolute atomic E-state index is 1.07. The van der Waals surface area contributed by atoms with Crippen LogP contribution in [0.15, 0.2) is 0 Å². The standard InChI is InChI=1S/C42H90P2/c1-7-13-19-33-43(34-20-14-8-2,35-21-15-9-3)39-25-27-41-29-31-42(32-30-41)28-26-40-44(36-22-16-10-4,37-23-17-11-5)38-24-18-12-6/h41-44H,7-40H2,1-6H3. The van der Waals surface area contributed by atoms with Crippen LogP contribution in [0.1, 0.15) is 208 Å². The van der Waals surface area contributed by atoms with E-state index in [-0.39, 0.29) is 0 Å². The van der Waals surface area contributed by atoms with Crippen molar-refractivity contribution >= 4 is 14.5 Å². The Morgan fingerprint density at radius 3 is 0.705 bits per heavy atom. The molecule has 0 bridgehead atoms. The molecule has 0 N–H and O–H groups in total. The summed E-state index contributed by atoms with van der Waals surface area (Å²) in [6.45, 7) is 14.4. The molecule has 0 nitrogen and oxygen atoms in total. The van der Waals surface area contributed by atoms with Crippen LogP contribution in [0, 0.1) is 11.8 Å². The molecule has 2 heteroatoms. The van der Waals surface area contributed by atoms with Gasteiger partial charge in [0.25, 0.3) is 0 Å². The van der Waals surface area contributed by atoms with Crippen LogP contribution in [0.5, 0.6) is 0 Å². The van der Waals surface area contributed by atoms with Gasteiger partial charge in [-0.3, -0.25) is 0 Å². The molecular formula is C42H90P2. The van der Waals surface area contributed by atoms with Crippen LogP contribution in [0.2, 0.25) is 0 Å². The maximum absolute atomic E-state index is 2.40. The van der Waals surface area contributed by atoms with Crippen molar-refractivity contribution in [2.24, 2.45) is 11.8 Å². The summed E-state index contributed by atoms with van der Waals surface area (Å²) in [5.41, 5.74) is 0. The molecule has 1 rings (SSSR count). The molecule has 0 aromatic heterocycles. The molecule has 1 aliphatic carbocycles. The number of hydrogen-bond donors (Lipinski definition) is 0. The quantitative estimate of drug-likeness (QED) is 0.0499. The van der Waals surface area contributed by atoms with Gasteiger partial charge in [0, 0.05) is 0 Å². The van der Waals surface area contributed by atoms with Gasteiger partial charge in [-0.15, -0.1) is 0 Å². The topological polar surface area (TPSA) is 0 Å². The first-order valence-corrected chi connectivity index (χ1v) is 27.2. The fourth-order valence-electron chi connectivity index (χ4n) is 9.34. The zero-order chi connectivity index (χ0) is 32.2. The molecule has 0 saturated heterocycles. The van der Waals surface area contributed by atoms with E-state index in [0.717, 1.165) is 11.8 Å². The Kier molecular flexibility index (Phi) is 28.1. The van der Waals surface area contributed by atoms with Gasteiger partial charge >= 0.3 is 284 Å². The van der Waals surface area contributed by atoms with Gasteiger partial charge in [-0.2, -0.15) is 0 Å². The first-order valence-electron chi connectivity index (χ1n) is 21.5. The Balaban J connectivity index is 2.60. The third-order valence-corrected chi connectivity index (χ3v) is 23.8. The van der Waals surface area contributed by atoms with Crippen LogP contribution >= 0.6 is 14.5 Å². The first kappa shape index (κ1) is 42.9. The van der Waals surface area contributed by atoms with Crippen molar-refractivity contribution in [1.29, 1.82) is 0 Å². The summed E-state index contributed by atoms with van der Waals surface area (Å²) in [7, 11) is -2.15. The summed E-state index contributed by atoms with van der Waals surface area (Å²) in [5.74, 6) is 2.15. The van der Waals surface area contributed by atoms with Crippen LogP contribution < -0.4 is 0 Å². The molecule has 0 unspecified atom stereocenters. The Morgan fingerprint density at radius 2 is 0.500 bits per heavy atom. The van der Waals surface area contributed by atoms with Crippen LogP contribution in [0.3, 0.4) is 0 Å². The number of rotatable bonds is 32. The zero-order valence-electron chi connectivity index (χ0n) is 32.2.